The largest absolute Gasteiger partial charge is 0.488 e. The monoisotopic (exact) mass is 323 g/mol. The van der Waals surface area contributed by atoms with E-state index in [1.165, 1.54) is 36.4 Å². The summed E-state index contributed by atoms with van der Waals surface area (Å²) < 4.78 is 18.5. The van der Waals surface area contributed by atoms with Gasteiger partial charge in [-0.15, -0.1) is 0 Å². The summed E-state index contributed by atoms with van der Waals surface area (Å²) in [4.78, 5) is 10.3. The summed E-state index contributed by atoms with van der Waals surface area (Å²) in [7, 11) is 0. The average Bonchev–Trinajstić information content (AvgIpc) is 2.59. The smallest absolute Gasteiger partial charge is 0.270 e. The Hall–Kier alpha value is -3.71. The van der Waals surface area contributed by atoms with E-state index in [0.717, 1.165) is 0 Å². The van der Waals surface area contributed by atoms with Gasteiger partial charge < -0.3 is 4.74 Å². The first kappa shape index (κ1) is 16.7. The predicted octanol–water partition coefficient (Wildman–Crippen LogP) is 3.74. The Morgan fingerprint density at radius 1 is 1.21 bits per heavy atom. The molecule has 0 saturated heterocycles. The summed E-state index contributed by atoms with van der Waals surface area (Å²) >= 11 is 0. The van der Waals surface area contributed by atoms with E-state index in [4.69, 9.17) is 15.3 Å². The zero-order chi connectivity index (χ0) is 17.5. The van der Waals surface area contributed by atoms with Crippen LogP contribution in [0.5, 0.6) is 5.75 Å². The van der Waals surface area contributed by atoms with Crippen LogP contribution in [-0.2, 0) is 6.61 Å². The highest BCUT2D eigenvalue weighted by Crippen LogP contribution is 2.27. The third kappa shape index (κ3) is 4.15. The topological polar surface area (TPSA) is 100.0 Å². The number of benzene rings is 2. The Kier molecular flexibility index (Phi) is 5.22. The maximum atomic E-state index is 12.9. The van der Waals surface area contributed by atoms with Gasteiger partial charge in [0.2, 0.25) is 0 Å². The number of rotatable bonds is 5. The van der Waals surface area contributed by atoms with Crippen molar-refractivity contribution in [2.45, 2.75) is 6.61 Å². The van der Waals surface area contributed by atoms with Gasteiger partial charge >= 0.3 is 0 Å². The van der Waals surface area contributed by atoms with Crippen LogP contribution in [0.15, 0.2) is 48.0 Å². The molecule has 0 spiro atoms. The molecule has 0 aliphatic rings. The molecule has 0 fully saturated rings. The zero-order valence-corrected chi connectivity index (χ0v) is 12.3. The van der Waals surface area contributed by atoms with Crippen LogP contribution < -0.4 is 4.74 Å². The highest BCUT2D eigenvalue weighted by Gasteiger charge is 2.11. The average molecular weight is 323 g/mol. The summed E-state index contributed by atoms with van der Waals surface area (Å²) in [6, 6.07) is 12.9. The first-order valence-electron chi connectivity index (χ1n) is 6.71. The molecule has 0 radical (unpaired) electrons. The van der Waals surface area contributed by atoms with Crippen molar-refractivity contribution in [1.29, 1.82) is 10.5 Å². The fraction of sp³-hybridized carbons (Fsp3) is 0.0588. The van der Waals surface area contributed by atoms with E-state index < -0.39 is 4.92 Å². The van der Waals surface area contributed by atoms with Gasteiger partial charge in [-0.05, 0) is 29.8 Å². The number of nitro groups is 1. The molecule has 24 heavy (non-hydrogen) atoms. The van der Waals surface area contributed by atoms with Crippen LogP contribution in [0.25, 0.3) is 6.08 Å². The number of allylic oxidation sites excluding steroid dienone is 1. The molecular formula is C17H10FN3O3. The van der Waals surface area contributed by atoms with E-state index in [9.17, 15) is 14.5 Å². The van der Waals surface area contributed by atoms with E-state index in [1.54, 1.807) is 24.3 Å². The number of hydrogen-bond donors (Lipinski definition) is 0. The van der Waals surface area contributed by atoms with Crippen LogP contribution >= 0.6 is 0 Å². The minimum absolute atomic E-state index is 0.105. The van der Waals surface area contributed by atoms with Crippen molar-refractivity contribution in [3.8, 4) is 17.9 Å². The molecule has 2 rings (SSSR count). The second-order valence-corrected chi connectivity index (χ2v) is 4.68. The summed E-state index contributed by atoms with van der Waals surface area (Å²) in [6.45, 7) is 0.105. The fourth-order valence-electron chi connectivity index (χ4n) is 1.88. The lowest BCUT2D eigenvalue weighted by molar-refractivity contribution is -0.384. The molecular weight excluding hydrogens is 313 g/mol. The molecule has 0 aromatic heterocycles. The highest BCUT2D eigenvalue weighted by atomic mass is 19.1. The molecule has 118 valence electrons. The van der Waals surface area contributed by atoms with Crippen molar-refractivity contribution < 1.29 is 14.1 Å². The normalized spacial score (nSPS) is 9.46. The lowest BCUT2D eigenvalue weighted by Gasteiger charge is -2.09. The van der Waals surface area contributed by atoms with Gasteiger partial charge in [0, 0.05) is 17.7 Å². The summed E-state index contributed by atoms with van der Waals surface area (Å²) in [5.74, 6) is -0.0988. The molecule has 7 heteroatoms. The first-order valence-corrected chi connectivity index (χ1v) is 6.71. The molecule has 6 nitrogen and oxygen atoms in total. The van der Waals surface area contributed by atoms with Gasteiger partial charge in [-0.2, -0.15) is 10.5 Å². The third-order valence-electron chi connectivity index (χ3n) is 3.05. The maximum absolute atomic E-state index is 12.9. The SMILES string of the molecule is N#CC(C#N)=Cc1cc([N+](=O)[O-])ccc1OCc1ccc(F)cc1. The summed E-state index contributed by atoms with van der Waals surface area (Å²) in [5, 5.41) is 28.6. The Morgan fingerprint density at radius 2 is 1.88 bits per heavy atom. The van der Waals surface area contributed by atoms with Gasteiger partial charge in [0.25, 0.3) is 5.69 Å². The van der Waals surface area contributed by atoms with Gasteiger partial charge in [0.05, 0.1) is 4.92 Å². The summed E-state index contributed by atoms with van der Waals surface area (Å²) in [5.41, 5.74) is 0.544. The fourth-order valence-corrected chi connectivity index (χ4v) is 1.88. The lowest BCUT2D eigenvalue weighted by atomic mass is 10.1. The van der Waals surface area contributed by atoms with Crippen molar-refractivity contribution in [1.82, 2.24) is 0 Å². The molecule has 0 aliphatic heterocycles. The number of nitro benzene ring substituents is 1. The first-order chi connectivity index (χ1) is 11.5. The molecule has 2 aromatic rings. The molecule has 0 aliphatic carbocycles. The van der Waals surface area contributed by atoms with Crippen molar-refractivity contribution >= 4 is 11.8 Å². The molecule has 0 N–H and O–H groups in total. The van der Waals surface area contributed by atoms with Gasteiger partial charge in [-0.1, -0.05) is 12.1 Å². The second kappa shape index (κ2) is 7.52. The molecule has 0 amide bonds. The Labute approximate surface area is 136 Å². The van der Waals surface area contributed by atoms with Crippen molar-refractivity contribution in [2.24, 2.45) is 0 Å². The van der Waals surface area contributed by atoms with Crippen LogP contribution in [0.4, 0.5) is 10.1 Å². The quantitative estimate of drug-likeness (QED) is 0.474. The van der Waals surface area contributed by atoms with Gasteiger partial charge in [0.15, 0.2) is 0 Å². The third-order valence-corrected chi connectivity index (χ3v) is 3.05. The van der Waals surface area contributed by atoms with E-state index in [1.807, 2.05) is 0 Å². The van der Waals surface area contributed by atoms with Crippen LogP contribution in [-0.4, -0.2) is 4.92 Å². The van der Waals surface area contributed by atoms with E-state index in [0.29, 0.717) is 5.56 Å². The number of nitriles is 2. The maximum Gasteiger partial charge on any atom is 0.270 e. The Bertz CT molecular complexity index is 861. The number of ether oxygens (including phenoxy) is 1. The van der Waals surface area contributed by atoms with Crippen molar-refractivity contribution in [2.75, 3.05) is 0 Å². The zero-order valence-electron chi connectivity index (χ0n) is 12.3. The number of non-ortho nitro benzene ring substituents is 1. The minimum atomic E-state index is -0.584. The van der Waals surface area contributed by atoms with Gasteiger partial charge in [-0.25, -0.2) is 4.39 Å². The van der Waals surface area contributed by atoms with Crippen LogP contribution in [0.1, 0.15) is 11.1 Å². The van der Waals surface area contributed by atoms with Gasteiger partial charge in [-0.3, -0.25) is 10.1 Å². The lowest BCUT2D eigenvalue weighted by Crippen LogP contribution is -1.98. The second-order valence-electron chi connectivity index (χ2n) is 4.68. The number of halogens is 1. The van der Waals surface area contributed by atoms with Crippen molar-refractivity contribution in [3.63, 3.8) is 0 Å². The van der Waals surface area contributed by atoms with E-state index >= 15 is 0 Å². The number of nitrogens with zero attached hydrogens (tertiary/aromatic N) is 3. The highest BCUT2D eigenvalue weighted by molar-refractivity contribution is 5.68. The molecule has 0 saturated carbocycles. The molecule has 0 heterocycles. The standard InChI is InChI=1S/C17H10FN3O3/c18-15-3-1-12(2-4-15)11-24-17-6-5-16(21(22)23)8-14(17)7-13(9-19)10-20/h1-8H,11H2. The van der Waals surface area contributed by atoms with Crippen LogP contribution in [0.2, 0.25) is 0 Å². The molecule has 2 aromatic carbocycles. The number of hydrogen-bond acceptors (Lipinski definition) is 5. The van der Waals surface area contributed by atoms with Gasteiger partial charge in [0.1, 0.15) is 35.9 Å². The molecule has 0 bridgehead atoms. The Morgan fingerprint density at radius 3 is 2.46 bits per heavy atom. The molecule has 0 atom stereocenters. The molecule has 0 unspecified atom stereocenters. The van der Waals surface area contributed by atoms with E-state index in [-0.39, 0.29) is 35.0 Å². The van der Waals surface area contributed by atoms with Crippen LogP contribution in [0.3, 0.4) is 0 Å². The minimum Gasteiger partial charge on any atom is -0.488 e. The van der Waals surface area contributed by atoms with Crippen molar-refractivity contribution in [3.05, 3.63) is 75.1 Å². The summed E-state index contributed by atoms with van der Waals surface area (Å²) in [6.07, 6.45) is 1.22. The van der Waals surface area contributed by atoms with Crippen LogP contribution in [0, 0.1) is 38.6 Å². The van der Waals surface area contributed by atoms with E-state index in [2.05, 4.69) is 0 Å². The Balaban J connectivity index is 2.32. The predicted molar refractivity (Wildman–Crippen MR) is 83.0 cm³/mol.